The van der Waals surface area contributed by atoms with Crippen LogP contribution in [0.3, 0.4) is 0 Å². The molecule has 0 aliphatic carbocycles. The molecule has 7 aromatic carbocycles. The van der Waals surface area contributed by atoms with E-state index in [-0.39, 0.29) is 0 Å². The number of nitriles is 1. The van der Waals surface area contributed by atoms with Crippen LogP contribution in [0.15, 0.2) is 151 Å². The molecule has 50 heavy (non-hydrogen) atoms. The fourth-order valence-corrected chi connectivity index (χ4v) is 9.18. The summed E-state index contributed by atoms with van der Waals surface area (Å²) >= 11 is 1.87. The molecular weight excluding hydrogens is 629 g/mol. The van der Waals surface area contributed by atoms with Crippen LogP contribution in [0.2, 0.25) is 0 Å². The van der Waals surface area contributed by atoms with E-state index in [1.165, 1.54) is 36.5 Å². The van der Waals surface area contributed by atoms with Crippen LogP contribution < -0.4 is 0 Å². The van der Waals surface area contributed by atoms with Gasteiger partial charge in [-0.1, -0.05) is 91.0 Å². The van der Waals surface area contributed by atoms with Gasteiger partial charge < -0.3 is 9.13 Å². The number of hydrogen-bond donors (Lipinski definition) is 0. The second kappa shape index (κ2) is 11.0. The maximum Gasteiger partial charge on any atom is 0.0991 e. The Morgan fingerprint density at radius 3 is 2.22 bits per heavy atom. The van der Waals surface area contributed by atoms with Gasteiger partial charge in [0.2, 0.25) is 0 Å². The predicted molar refractivity (Wildman–Crippen MR) is 211 cm³/mol. The van der Waals surface area contributed by atoms with Gasteiger partial charge in [-0.2, -0.15) is 5.26 Å². The van der Waals surface area contributed by atoms with Crippen molar-refractivity contribution in [2.24, 2.45) is 4.99 Å². The van der Waals surface area contributed by atoms with Crippen LogP contribution >= 0.6 is 11.3 Å². The van der Waals surface area contributed by atoms with Gasteiger partial charge in [-0.15, -0.1) is 11.3 Å². The van der Waals surface area contributed by atoms with Crippen LogP contribution in [0.4, 0.5) is 0 Å². The lowest BCUT2D eigenvalue weighted by Crippen LogP contribution is -2.02. The Kier molecular flexibility index (Phi) is 6.29. The molecule has 0 unspecified atom stereocenters. The lowest BCUT2D eigenvalue weighted by Gasteiger charge is -2.18. The number of aliphatic imine (C=N–C) groups is 1. The normalized spacial score (nSPS) is 11.7. The van der Waals surface area contributed by atoms with Crippen molar-refractivity contribution in [1.29, 1.82) is 5.26 Å². The molecular formula is C45H28N4S. The summed E-state index contributed by atoms with van der Waals surface area (Å²) in [4.78, 5) is 4.37. The molecule has 3 aromatic heterocycles. The first-order chi connectivity index (χ1) is 24.7. The van der Waals surface area contributed by atoms with E-state index in [0.29, 0.717) is 12.1 Å². The van der Waals surface area contributed by atoms with Gasteiger partial charge in [0.1, 0.15) is 0 Å². The van der Waals surface area contributed by atoms with E-state index in [4.69, 9.17) is 0 Å². The van der Waals surface area contributed by atoms with E-state index in [9.17, 15) is 5.26 Å². The minimum Gasteiger partial charge on any atom is -0.309 e. The van der Waals surface area contributed by atoms with E-state index >= 15 is 0 Å². The standard InChI is InChI=1S/C45H28N4S/c1-47-27-30-10-9-15-32(44(30)49-38-16-7-5-13-33(38)37-24-28(26-46)18-22-39(37)49)29-19-20-36-41(25-29)48(31-11-3-2-4-12-31)40-23-21-35-34-14-6-8-17-42(34)50-45(35)43(36)40/h2-25H,1,27H2. The van der Waals surface area contributed by atoms with E-state index in [1.807, 2.05) is 23.5 Å². The largest absolute Gasteiger partial charge is 0.309 e. The Hall–Kier alpha value is -6.48. The van der Waals surface area contributed by atoms with Gasteiger partial charge in [0.15, 0.2) is 0 Å². The second-order valence-electron chi connectivity index (χ2n) is 12.7. The summed E-state index contributed by atoms with van der Waals surface area (Å²) in [6.45, 7) is 4.36. The van der Waals surface area contributed by atoms with Gasteiger partial charge in [0, 0.05) is 53.0 Å². The lowest BCUT2D eigenvalue weighted by atomic mass is 9.98. The van der Waals surface area contributed by atoms with Crippen LogP contribution in [0.5, 0.6) is 0 Å². The fourth-order valence-electron chi connectivity index (χ4n) is 7.93. The molecule has 0 aliphatic rings. The highest BCUT2D eigenvalue weighted by Gasteiger charge is 2.22. The van der Waals surface area contributed by atoms with Gasteiger partial charge in [-0.3, -0.25) is 4.99 Å². The van der Waals surface area contributed by atoms with Crippen molar-refractivity contribution >= 4 is 81.8 Å². The van der Waals surface area contributed by atoms with Gasteiger partial charge in [0.25, 0.3) is 0 Å². The minimum absolute atomic E-state index is 0.476. The fraction of sp³-hybridized carbons (Fsp3) is 0.0222. The Bertz CT molecular complexity index is 3040. The highest BCUT2D eigenvalue weighted by Crippen LogP contribution is 2.45. The van der Waals surface area contributed by atoms with Crippen molar-refractivity contribution in [3.63, 3.8) is 0 Å². The highest BCUT2D eigenvalue weighted by molar-refractivity contribution is 7.26. The molecule has 234 valence electrons. The average molecular weight is 657 g/mol. The van der Waals surface area contributed by atoms with E-state index in [1.54, 1.807) is 0 Å². The summed E-state index contributed by atoms with van der Waals surface area (Å²) in [5, 5.41) is 17.0. The maximum atomic E-state index is 9.76. The van der Waals surface area contributed by atoms with Crippen molar-refractivity contribution in [2.45, 2.75) is 6.54 Å². The van der Waals surface area contributed by atoms with Gasteiger partial charge >= 0.3 is 0 Å². The number of rotatable bonds is 5. The Morgan fingerprint density at radius 1 is 0.600 bits per heavy atom. The molecule has 10 rings (SSSR count). The topological polar surface area (TPSA) is 46.0 Å². The number of hydrogen-bond acceptors (Lipinski definition) is 3. The zero-order valence-corrected chi connectivity index (χ0v) is 27.8. The molecule has 5 heteroatoms. The number of fused-ring (bicyclic) bond motifs is 10. The zero-order chi connectivity index (χ0) is 33.3. The monoisotopic (exact) mass is 656 g/mol. The molecule has 0 aliphatic heterocycles. The number of benzene rings is 7. The van der Waals surface area contributed by atoms with E-state index < -0.39 is 0 Å². The summed E-state index contributed by atoms with van der Waals surface area (Å²) in [6, 6.07) is 54.2. The third-order valence-corrected chi connectivity index (χ3v) is 11.2. The quantitative estimate of drug-likeness (QED) is 0.170. The van der Waals surface area contributed by atoms with Gasteiger partial charge in [0.05, 0.1) is 45.9 Å². The van der Waals surface area contributed by atoms with Crippen molar-refractivity contribution in [1.82, 2.24) is 9.13 Å². The zero-order valence-electron chi connectivity index (χ0n) is 27.0. The highest BCUT2D eigenvalue weighted by atomic mass is 32.1. The Morgan fingerprint density at radius 2 is 1.36 bits per heavy atom. The molecule has 0 saturated heterocycles. The molecule has 0 N–H and O–H groups in total. The first-order valence-corrected chi connectivity index (χ1v) is 17.5. The molecule has 0 radical (unpaired) electrons. The van der Waals surface area contributed by atoms with Gasteiger partial charge in [-0.05, 0) is 72.4 Å². The SMILES string of the molecule is C=NCc1cccc(-c2ccc3c4c5sc6ccccc6c5ccc4n(-c4ccccc4)c3c2)c1-n1c2ccccc2c2cc(C#N)ccc21. The number of nitrogens with zero attached hydrogens (tertiary/aromatic N) is 4. The van der Waals surface area contributed by atoms with Crippen LogP contribution in [-0.4, -0.2) is 15.9 Å². The number of thiophene rings is 1. The van der Waals surface area contributed by atoms with Crippen molar-refractivity contribution < 1.29 is 0 Å². The third kappa shape index (κ3) is 4.06. The smallest absolute Gasteiger partial charge is 0.0991 e. The molecule has 10 aromatic rings. The first-order valence-electron chi connectivity index (χ1n) is 16.7. The van der Waals surface area contributed by atoms with Crippen molar-refractivity contribution in [2.75, 3.05) is 0 Å². The van der Waals surface area contributed by atoms with Crippen LogP contribution in [-0.2, 0) is 6.54 Å². The second-order valence-corrected chi connectivity index (χ2v) is 13.8. The minimum atomic E-state index is 0.476. The van der Waals surface area contributed by atoms with E-state index in [2.05, 4.69) is 160 Å². The number of para-hydroxylation sites is 3. The summed E-state index contributed by atoms with van der Waals surface area (Å²) in [5.74, 6) is 0. The maximum absolute atomic E-state index is 9.76. The summed E-state index contributed by atoms with van der Waals surface area (Å²) < 4.78 is 7.38. The Balaban J connectivity index is 1.31. The molecule has 0 bridgehead atoms. The molecule has 0 saturated carbocycles. The predicted octanol–water partition coefficient (Wildman–Crippen LogP) is 12.0. The number of aromatic nitrogens is 2. The van der Waals surface area contributed by atoms with Gasteiger partial charge in [-0.25, -0.2) is 0 Å². The van der Waals surface area contributed by atoms with Crippen LogP contribution in [0.1, 0.15) is 11.1 Å². The molecule has 4 nitrogen and oxygen atoms in total. The lowest BCUT2D eigenvalue weighted by molar-refractivity contribution is 1.04. The van der Waals surface area contributed by atoms with Crippen molar-refractivity contribution in [3.8, 4) is 28.6 Å². The molecule has 0 atom stereocenters. The molecule has 0 spiro atoms. The Labute approximate surface area is 292 Å². The molecule has 0 amide bonds. The molecule has 0 fully saturated rings. The van der Waals surface area contributed by atoms with E-state index in [0.717, 1.165) is 55.4 Å². The first kappa shape index (κ1) is 28.5. The third-order valence-electron chi connectivity index (χ3n) is 10.0. The summed E-state index contributed by atoms with van der Waals surface area (Å²) in [7, 11) is 0. The summed E-state index contributed by atoms with van der Waals surface area (Å²) in [6.07, 6.45) is 0. The molecule has 3 heterocycles. The van der Waals surface area contributed by atoms with Crippen LogP contribution in [0.25, 0.3) is 86.3 Å². The summed E-state index contributed by atoms with van der Waals surface area (Å²) in [5.41, 5.74) is 10.7. The van der Waals surface area contributed by atoms with Crippen molar-refractivity contribution in [3.05, 3.63) is 157 Å². The van der Waals surface area contributed by atoms with Crippen LogP contribution in [0, 0.1) is 11.3 Å². The average Bonchev–Trinajstić information content (AvgIpc) is 3.82.